The van der Waals surface area contributed by atoms with Crippen molar-refractivity contribution in [2.45, 2.75) is 12.5 Å². The standard InChI is InChI=1S/C14H16N4O5/c1-14(17-23)11(16-18(2)13(14)22)8-3-5-9(6-4-8)12(21)15-7-10(19)20/h3-6,17,23H,7H2,1-2H3,(H,15,21)(H,19,20). The first-order chi connectivity index (χ1) is 10.8. The zero-order valence-electron chi connectivity index (χ0n) is 12.5. The molecule has 1 aliphatic heterocycles. The van der Waals surface area contributed by atoms with Gasteiger partial charge in [-0.3, -0.25) is 14.4 Å². The van der Waals surface area contributed by atoms with Crippen molar-refractivity contribution in [2.75, 3.05) is 13.6 Å². The number of nitrogens with one attached hydrogen (secondary N) is 2. The van der Waals surface area contributed by atoms with Gasteiger partial charge in [-0.25, -0.2) is 5.01 Å². The Kier molecular flexibility index (Phi) is 4.43. The zero-order chi connectivity index (χ0) is 17.2. The lowest BCUT2D eigenvalue weighted by Gasteiger charge is -2.21. The molecule has 0 fully saturated rings. The van der Waals surface area contributed by atoms with Gasteiger partial charge in [0.05, 0.1) is 5.71 Å². The van der Waals surface area contributed by atoms with Crippen molar-refractivity contribution >= 4 is 23.5 Å². The van der Waals surface area contributed by atoms with E-state index in [1.54, 1.807) is 12.1 Å². The lowest BCUT2D eigenvalue weighted by atomic mass is 9.91. The zero-order valence-corrected chi connectivity index (χ0v) is 12.5. The summed E-state index contributed by atoms with van der Waals surface area (Å²) in [4.78, 5) is 34.2. The number of amides is 2. The second-order valence-electron chi connectivity index (χ2n) is 5.17. The summed E-state index contributed by atoms with van der Waals surface area (Å²) in [6, 6.07) is 6.10. The molecule has 9 nitrogen and oxygen atoms in total. The second kappa shape index (κ2) is 6.15. The van der Waals surface area contributed by atoms with Crippen LogP contribution in [0.5, 0.6) is 0 Å². The van der Waals surface area contributed by atoms with E-state index in [0.29, 0.717) is 11.3 Å². The Balaban J connectivity index is 2.23. The first kappa shape index (κ1) is 16.6. The van der Waals surface area contributed by atoms with Crippen molar-refractivity contribution in [1.29, 1.82) is 0 Å². The summed E-state index contributed by atoms with van der Waals surface area (Å²) >= 11 is 0. The molecule has 0 radical (unpaired) electrons. The third kappa shape index (κ3) is 3.05. The highest BCUT2D eigenvalue weighted by atomic mass is 16.5. The molecule has 122 valence electrons. The maximum atomic E-state index is 12.0. The van der Waals surface area contributed by atoms with E-state index < -0.39 is 29.9 Å². The predicted molar refractivity (Wildman–Crippen MR) is 79.0 cm³/mol. The third-order valence-electron chi connectivity index (χ3n) is 3.49. The fourth-order valence-electron chi connectivity index (χ4n) is 2.20. The van der Waals surface area contributed by atoms with Gasteiger partial charge < -0.3 is 15.6 Å². The Morgan fingerprint density at radius 3 is 2.43 bits per heavy atom. The van der Waals surface area contributed by atoms with Gasteiger partial charge >= 0.3 is 5.97 Å². The van der Waals surface area contributed by atoms with E-state index in [4.69, 9.17) is 5.11 Å². The minimum atomic E-state index is -1.37. The highest BCUT2D eigenvalue weighted by Crippen LogP contribution is 2.23. The first-order valence-electron chi connectivity index (χ1n) is 6.68. The summed E-state index contributed by atoms with van der Waals surface area (Å²) in [5.41, 5.74) is 1.72. The molecule has 0 saturated carbocycles. The van der Waals surface area contributed by atoms with Crippen LogP contribution in [0.4, 0.5) is 0 Å². The van der Waals surface area contributed by atoms with Crippen LogP contribution >= 0.6 is 0 Å². The van der Waals surface area contributed by atoms with Gasteiger partial charge in [0.1, 0.15) is 6.54 Å². The molecule has 9 heteroatoms. The van der Waals surface area contributed by atoms with Crippen LogP contribution in [0, 0.1) is 0 Å². The van der Waals surface area contributed by atoms with Crippen molar-refractivity contribution in [1.82, 2.24) is 15.8 Å². The average Bonchev–Trinajstić information content (AvgIpc) is 2.77. The van der Waals surface area contributed by atoms with Crippen LogP contribution in [-0.4, -0.2) is 57.9 Å². The fraction of sp³-hybridized carbons (Fsp3) is 0.286. The lowest BCUT2D eigenvalue weighted by molar-refractivity contribution is -0.136. The van der Waals surface area contributed by atoms with Crippen LogP contribution < -0.4 is 10.8 Å². The molecule has 0 bridgehead atoms. The maximum Gasteiger partial charge on any atom is 0.322 e. The van der Waals surface area contributed by atoms with Gasteiger partial charge in [-0.2, -0.15) is 10.6 Å². The van der Waals surface area contributed by atoms with Gasteiger partial charge in [-0.1, -0.05) is 12.1 Å². The molecule has 1 aromatic rings. The van der Waals surface area contributed by atoms with Gasteiger partial charge in [0, 0.05) is 18.2 Å². The molecular formula is C14H16N4O5. The SMILES string of the molecule is CN1N=C(c2ccc(C(=O)NCC(=O)O)cc2)C(C)(NO)C1=O. The van der Waals surface area contributed by atoms with Crippen molar-refractivity contribution in [3.63, 3.8) is 0 Å². The van der Waals surface area contributed by atoms with E-state index in [-0.39, 0.29) is 5.56 Å². The summed E-state index contributed by atoms with van der Waals surface area (Å²) in [6.45, 7) is 1.02. The molecule has 0 spiro atoms. The molecule has 1 aliphatic rings. The fourth-order valence-corrected chi connectivity index (χ4v) is 2.20. The third-order valence-corrected chi connectivity index (χ3v) is 3.49. The molecule has 2 rings (SSSR count). The van der Waals surface area contributed by atoms with Crippen LogP contribution in [-0.2, 0) is 9.59 Å². The van der Waals surface area contributed by atoms with Gasteiger partial charge in [0.15, 0.2) is 5.54 Å². The number of nitrogens with zero attached hydrogens (tertiary/aromatic N) is 2. The van der Waals surface area contributed by atoms with Crippen LogP contribution in [0.25, 0.3) is 0 Å². The number of carboxylic acid groups (broad SMARTS) is 1. The van der Waals surface area contributed by atoms with Crippen LogP contribution in [0.15, 0.2) is 29.4 Å². The van der Waals surface area contributed by atoms with Crippen LogP contribution in [0.1, 0.15) is 22.8 Å². The number of hydrazone groups is 1. The van der Waals surface area contributed by atoms with Gasteiger partial charge in [-0.05, 0) is 19.1 Å². The van der Waals surface area contributed by atoms with E-state index in [1.807, 2.05) is 5.48 Å². The van der Waals surface area contributed by atoms with E-state index >= 15 is 0 Å². The number of carboxylic acids is 1. The molecule has 0 aromatic heterocycles. The van der Waals surface area contributed by atoms with E-state index in [2.05, 4.69) is 10.4 Å². The van der Waals surface area contributed by atoms with E-state index in [0.717, 1.165) is 5.01 Å². The Morgan fingerprint density at radius 1 is 1.30 bits per heavy atom. The Hall–Kier alpha value is -2.78. The van der Waals surface area contributed by atoms with E-state index in [1.165, 1.54) is 26.1 Å². The Labute approximate surface area is 131 Å². The summed E-state index contributed by atoms with van der Waals surface area (Å²) in [5.74, 6) is -2.08. The summed E-state index contributed by atoms with van der Waals surface area (Å²) in [7, 11) is 1.47. The molecule has 4 N–H and O–H groups in total. The number of aliphatic carboxylic acids is 1. The summed E-state index contributed by atoms with van der Waals surface area (Å²) < 4.78 is 0. The molecule has 1 atom stereocenters. The summed E-state index contributed by atoms with van der Waals surface area (Å²) in [5, 5.41) is 25.3. The van der Waals surface area contributed by atoms with Crippen LogP contribution in [0.3, 0.4) is 0 Å². The minimum Gasteiger partial charge on any atom is -0.480 e. The largest absolute Gasteiger partial charge is 0.480 e. The summed E-state index contributed by atoms with van der Waals surface area (Å²) in [6.07, 6.45) is 0. The maximum absolute atomic E-state index is 12.0. The molecule has 1 unspecified atom stereocenters. The van der Waals surface area contributed by atoms with Crippen LogP contribution in [0.2, 0.25) is 0 Å². The number of hydrogen-bond donors (Lipinski definition) is 4. The Morgan fingerprint density at radius 2 is 1.91 bits per heavy atom. The number of benzene rings is 1. The molecule has 0 saturated heterocycles. The van der Waals surface area contributed by atoms with Crippen molar-refractivity contribution in [3.05, 3.63) is 35.4 Å². The number of rotatable bonds is 5. The second-order valence-corrected chi connectivity index (χ2v) is 5.17. The molecule has 1 aromatic carbocycles. The predicted octanol–water partition coefficient (Wildman–Crippen LogP) is -0.585. The minimum absolute atomic E-state index is 0.270. The van der Waals surface area contributed by atoms with E-state index in [9.17, 15) is 19.6 Å². The molecular weight excluding hydrogens is 304 g/mol. The van der Waals surface area contributed by atoms with Crippen molar-refractivity contribution in [3.8, 4) is 0 Å². The lowest BCUT2D eigenvalue weighted by Crippen LogP contribution is -2.53. The highest BCUT2D eigenvalue weighted by Gasteiger charge is 2.46. The number of hydrogen-bond acceptors (Lipinski definition) is 6. The number of carbonyl (C=O) groups excluding carboxylic acids is 2. The molecule has 2 amide bonds. The Bertz CT molecular complexity index is 685. The van der Waals surface area contributed by atoms with Crippen molar-refractivity contribution in [2.24, 2.45) is 5.10 Å². The monoisotopic (exact) mass is 320 g/mol. The molecule has 0 aliphatic carbocycles. The van der Waals surface area contributed by atoms with Crippen molar-refractivity contribution < 1.29 is 24.7 Å². The number of hydroxylamine groups is 1. The number of carbonyl (C=O) groups is 3. The van der Waals surface area contributed by atoms with Gasteiger partial charge in [0.25, 0.3) is 11.8 Å². The quantitative estimate of drug-likeness (QED) is 0.537. The molecule has 1 heterocycles. The first-order valence-corrected chi connectivity index (χ1v) is 6.68. The number of likely N-dealkylation sites (N-methyl/N-ethyl adjacent to an activating group) is 1. The topological polar surface area (TPSA) is 131 Å². The van der Waals surface area contributed by atoms with Gasteiger partial charge in [0.2, 0.25) is 0 Å². The normalized spacial score (nSPS) is 20.4. The highest BCUT2D eigenvalue weighted by molar-refractivity contribution is 6.23. The smallest absolute Gasteiger partial charge is 0.322 e. The molecule has 23 heavy (non-hydrogen) atoms. The van der Waals surface area contributed by atoms with Gasteiger partial charge in [-0.15, -0.1) is 0 Å². The average molecular weight is 320 g/mol.